The molecule has 0 bridgehead atoms. The highest BCUT2D eigenvalue weighted by atomic mass is 35.5. The van der Waals surface area contributed by atoms with Gasteiger partial charge in [-0.25, -0.2) is 0 Å². The molecule has 1 saturated heterocycles. The molecule has 1 aliphatic heterocycles. The number of carbonyl (C=O) groups excluding carboxylic acids is 1. The fourth-order valence-electron chi connectivity index (χ4n) is 2.67. The van der Waals surface area contributed by atoms with Gasteiger partial charge in [-0.15, -0.1) is 6.58 Å². The van der Waals surface area contributed by atoms with Crippen molar-refractivity contribution >= 4 is 34.6 Å². The Morgan fingerprint density at radius 3 is 3.00 bits per heavy atom. The molecule has 1 aromatic carbocycles. The van der Waals surface area contributed by atoms with Gasteiger partial charge in [-0.05, 0) is 25.0 Å². The van der Waals surface area contributed by atoms with E-state index in [9.17, 15) is 4.79 Å². The number of nitrogens with zero attached hydrogens (tertiary/aromatic N) is 2. The first-order valence-corrected chi connectivity index (χ1v) is 7.75. The second-order valence-corrected chi connectivity index (χ2v) is 5.84. The molecule has 0 aliphatic carbocycles. The number of oxazole rings is 1. The highest BCUT2D eigenvalue weighted by Crippen LogP contribution is 2.27. The van der Waals surface area contributed by atoms with Crippen LogP contribution in [-0.2, 0) is 4.79 Å². The molecule has 6 heteroatoms. The molecule has 116 valence electrons. The third-order valence-corrected chi connectivity index (χ3v) is 4.13. The van der Waals surface area contributed by atoms with Crippen molar-refractivity contribution in [1.29, 1.82) is 0 Å². The molecule has 1 fully saturated rings. The lowest BCUT2D eigenvalue weighted by Gasteiger charge is -2.29. The van der Waals surface area contributed by atoms with Gasteiger partial charge in [0.2, 0.25) is 5.91 Å². The van der Waals surface area contributed by atoms with Gasteiger partial charge in [0.25, 0.3) is 6.01 Å². The number of hydrogen-bond donors (Lipinski definition) is 1. The van der Waals surface area contributed by atoms with Gasteiger partial charge in [-0.3, -0.25) is 4.79 Å². The SMILES string of the molecule is C=CCNC(=O)C1CCN(c2nc3ccc(Cl)cc3o2)CC1. The Kier molecular flexibility index (Phi) is 4.34. The van der Waals surface area contributed by atoms with Crippen LogP contribution in [0.1, 0.15) is 12.8 Å². The zero-order chi connectivity index (χ0) is 15.5. The molecule has 0 saturated carbocycles. The topological polar surface area (TPSA) is 58.4 Å². The Labute approximate surface area is 133 Å². The van der Waals surface area contributed by atoms with Crippen molar-refractivity contribution in [2.45, 2.75) is 12.8 Å². The van der Waals surface area contributed by atoms with Gasteiger partial charge < -0.3 is 14.6 Å². The highest BCUT2D eigenvalue weighted by molar-refractivity contribution is 6.31. The second-order valence-electron chi connectivity index (χ2n) is 5.40. The van der Waals surface area contributed by atoms with E-state index in [1.54, 1.807) is 18.2 Å². The van der Waals surface area contributed by atoms with E-state index in [2.05, 4.69) is 21.8 Å². The molecule has 0 spiro atoms. The summed E-state index contributed by atoms with van der Waals surface area (Å²) >= 11 is 5.96. The summed E-state index contributed by atoms with van der Waals surface area (Å²) in [6.07, 6.45) is 3.28. The summed E-state index contributed by atoms with van der Waals surface area (Å²) < 4.78 is 5.77. The number of carbonyl (C=O) groups is 1. The van der Waals surface area contributed by atoms with Crippen LogP contribution in [0.4, 0.5) is 6.01 Å². The van der Waals surface area contributed by atoms with Gasteiger partial charge >= 0.3 is 0 Å². The maximum absolute atomic E-state index is 11.9. The van der Waals surface area contributed by atoms with E-state index in [0.717, 1.165) is 31.4 Å². The smallest absolute Gasteiger partial charge is 0.298 e. The summed E-state index contributed by atoms with van der Waals surface area (Å²) in [7, 11) is 0. The Balaban J connectivity index is 1.65. The molecule has 5 nitrogen and oxygen atoms in total. The van der Waals surface area contributed by atoms with Crippen LogP contribution in [0.15, 0.2) is 35.3 Å². The molecule has 0 atom stereocenters. The minimum absolute atomic E-state index is 0.0509. The predicted octanol–water partition coefficient (Wildman–Crippen LogP) is 3.00. The number of piperidine rings is 1. The summed E-state index contributed by atoms with van der Waals surface area (Å²) in [5.74, 6) is 0.152. The quantitative estimate of drug-likeness (QED) is 0.880. The predicted molar refractivity (Wildman–Crippen MR) is 87.2 cm³/mol. The lowest BCUT2D eigenvalue weighted by atomic mass is 9.96. The number of rotatable bonds is 4. The lowest BCUT2D eigenvalue weighted by Crippen LogP contribution is -2.40. The molecule has 0 unspecified atom stereocenters. The van der Waals surface area contributed by atoms with Crippen LogP contribution in [0, 0.1) is 5.92 Å². The lowest BCUT2D eigenvalue weighted by molar-refractivity contribution is -0.125. The van der Waals surface area contributed by atoms with E-state index < -0.39 is 0 Å². The average molecular weight is 320 g/mol. The van der Waals surface area contributed by atoms with Crippen LogP contribution in [0.5, 0.6) is 0 Å². The Morgan fingerprint density at radius 2 is 2.27 bits per heavy atom. The van der Waals surface area contributed by atoms with Gasteiger partial charge in [0.15, 0.2) is 5.58 Å². The molecule has 1 amide bonds. The van der Waals surface area contributed by atoms with E-state index in [1.807, 2.05) is 6.07 Å². The fraction of sp³-hybridized carbons (Fsp3) is 0.375. The van der Waals surface area contributed by atoms with Crippen LogP contribution < -0.4 is 10.2 Å². The number of fused-ring (bicyclic) bond motifs is 1. The van der Waals surface area contributed by atoms with Crippen molar-refractivity contribution < 1.29 is 9.21 Å². The van der Waals surface area contributed by atoms with Crippen molar-refractivity contribution in [2.24, 2.45) is 5.92 Å². The van der Waals surface area contributed by atoms with Crippen LogP contribution in [0.3, 0.4) is 0 Å². The van der Waals surface area contributed by atoms with Crippen molar-refractivity contribution in [2.75, 3.05) is 24.5 Å². The first kappa shape index (κ1) is 14.9. The third kappa shape index (κ3) is 3.09. The molecule has 2 heterocycles. The normalized spacial score (nSPS) is 16.0. The third-order valence-electron chi connectivity index (χ3n) is 3.90. The molecule has 2 aromatic rings. The standard InChI is InChI=1S/C16H18ClN3O2/c1-2-7-18-15(21)11-5-8-20(9-6-11)16-19-13-4-3-12(17)10-14(13)22-16/h2-4,10-11H,1,5-9H2,(H,18,21). The number of benzene rings is 1. The van der Waals surface area contributed by atoms with Gasteiger partial charge in [-0.1, -0.05) is 17.7 Å². The summed E-state index contributed by atoms with van der Waals surface area (Å²) in [5, 5.41) is 3.49. The van der Waals surface area contributed by atoms with Gasteiger partial charge in [0, 0.05) is 36.6 Å². The number of halogens is 1. The van der Waals surface area contributed by atoms with Gasteiger partial charge in [-0.2, -0.15) is 4.98 Å². The maximum Gasteiger partial charge on any atom is 0.298 e. The zero-order valence-electron chi connectivity index (χ0n) is 12.2. The molecule has 0 radical (unpaired) electrons. The summed E-state index contributed by atoms with van der Waals surface area (Å²) in [6, 6.07) is 6.01. The van der Waals surface area contributed by atoms with Crippen molar-refractivity contribution in [3.8, 4) is 0 Å². The minimum Gasteiger partial charge on any atom is -0.423 e. The van der Waals surface area contributed by atoms with Crippen molar-refractivity contribution in [1.82, 2.24) is 10.3 Å². The fourth-order valence-corrected chi connectivity index (χ4v) is 2.83. The van der Waals surface area contributed by atoms with Crippen LogP contribution >= 0.6 is 11.6 Å². The van der Waals surface area contributed by atoms with Crippen LogP contribution in [0.2, 0.25) is 5.02 Å². The molecule has 1 aliphatic rings. The molecular weight excluding hydrogens is 302 g/mol. The average Bonchev–Trinajstić information content (AvgIpc) is 2.95. The monoisotopic (exact) mass is 319 g/mol. The Morgan fingerprint density at radius 1 is 1.50 bits per heavy atom. The summed E-state index contributed by atoms with van der Waals surface area (Å²) in [6.45, 7) is 5.64. The van der Waals surface area contributed by atoms with Gasteiger partial charge in [0.05, 0.1) is 0 Å². The maximum atomic E-state index is 11.9. The van der Waals surface area contributed by atoms with Crippen molar-refractivity contribution in [3.05, 3.63) is 35.9 Å². The van der Waals surface area contributed by atoms with E-state index in [0.29, 0.717) is 23.2 Å². The molecule has 22 heavy (non-hydrogen) atoms. The Bertz CT molecular complexity index is 690. The van der Waals surface area contributed by atoms with Crippen LogP contribution in [0.25, 0.3) is 11.1 Å². The number of nitrogens with one attached hydrogen (secondary N) is 1. The highest BCUT2D eigenvalue weighted by Gasteiger charge is 2.26. The van der Waals surface area contributed by atoms with Crippen LogP contribution in [-0.4, -0.2) is 30.5 Å². The number of aromatic nitrogens is 1. The van der Waals surface area contributed by atoms with E-state index in [4.69, 9.17) is 16.0 Å². The summed E-state index contributed by atoms with van der Waals surface area (Å²) in [4.78, 5) is 18.5. The van der Waals surface area contributed by atoms with E-state index in [-0.39, 0.29) is 11.8 Å². The van der Waals surface area contributed by atoms with E-state index >= 15 is 0 Å². The largest absolute Gasteiger partial charge is 0.423 e. The summed E-state index contributed by atoms with van der Waals surface area (Å²) in [5.41, 5.74) is 1.48. The van der Waals surface area contributed by atoms with E-state index in [1.165, 1.54) is 0 Å². The number of anilines is 1. The second kappa shape index (κ2) is 6.40. The molecule has 1 N–H and O–H groups in total. The number of amides is 1. The molecule has 3 rings (SSSR count). The first-order chi connectivity index (χ1) is 10.7. The first-order valence-electron chi connectivity index (χ1n) is 7.37. The zero-order valence-corrected chi connectivity index (χ0v) is 13.0. The molecular formula is C16H18ClN3O2. The van der Waals surface area contributed by atoms with Gasteiger partial charge in [0.1, 0.15) is 5.52 Å². The Hall–Kier alpha value is -2.01. The molecule has 1 aromatic heterocycles. The number of hydrogen-bond acceptors (Lipinski definition) is 4. The van der Waals surface area contributed by atoms with Crippen molar-refractivity contribution in [3.63, 3.8) is 0 Å². The minimum atomic E-state index is 0.0509.